The summed E-state index contributed by atoms with van der Waals surface area (Å²) in [5.41, 5.74) is 0.935. The van der Waals surface area contributed by atoms with E-state index in [9.17, 15) is 4.79 Å². The number of esters is 1. The van der Waals surface area contributed by atoms with E-state index >= 15 is 0 Å². The van der Waals surface area contributed by atoms with E-state index < -0.39 is 5.97 Å². The van der Waals surface area contributed by atoms with Crippen LogP contribution in [0.4, 0.5) is 0 Å². The summed E-state index contributed by atoms with van der Waals surface area (Å²) < 4.78 is 4.58. The molecule has 1 aromatic rings. The number of hydrogen-bond acceptors (Lipinski definition) is 3. The maximum absolute atomic E-state index is 11.2. The summed E-state index contributed by atoms with van der Waals surface area (Å²) in [5, 5.41) is 0. The number of rotatable bonds is 1. The zero-order valence-corrected chi connectivity index (χ0v) is 8.49. The highest BCUT2D eigenvalue weighted by atomic mass is 16.5. The van der Waals surface area contributed by atoms with Gasteiger partial charge in [0, 0.05) is 5.92 Å². The second-order valence-electron chi connectivity index (χ2n) is 3.44. The first-order chi connectivity index (χ1) is 7.29. The van der Waals surface area contributed by atoms with Crippen molar-refractivity contribution in [2.24, 2.45) is 5.92 Å². The molecule has 1 fully saturated rings. The Balaban J connectivity index is 2.19. The first kappa shape index (κ1) is 9.72. The van der Waals surface area contributed by atoms with Gasteiger partial charge in [0.25, 0.3) is 0 Å². The number of aromatic nitrogens is 1. The van der Waals surface area contributed by atoms with E-state index in [0.717, 1.165) is 0 Å². The van der Waals surface area contributed by atoms with E-state index in [0.29, 0.717) is 17.3 Å². The largest absolute Gasteiger partial charge is 0.464 e. The lowest BCUT2D eigenvalue weighted by Crippen LogP contribution is -2.04. The summed E-state index contributed by atoms with van der Waals surface area (Å²) in [6.45, 7) is 0. The highest BCUT2D eigenvalue weighted by Gasteiger charge is 2.17. The number of carbonyl (C=O) groups is 1. The highest BCUT2D eigenvalue weighted by molar-refractivity contribution is 5.87. The Morgan fingerprint density at radius 3 is 3.00 bits per heavy atom. The van der Waals surface area contributed by atoms with Crippen LogP contribution < -0.4 is 0 Å². The third kappa shape index (κ3) is 2.57. The molecule has 0 amide bonds. The molecule has 76 valence electrons. The third-order valence-electron chi connectivity index (χ3n) is 2.13. The molecule has 0 unspecified atom stereocenters. The van der Waals surface area contributed by atoms with E-state index in [1.54, 1.807) is 18.2 Å². The molecule has 0 N–H and O–H groups in total. The standard InChI is InChI=1S/C12H11NO2/c1-15-12(14)11-4-2-3-10(13-11)8-7-9-5-6-9/h2-4,9H,5-6H2,1H3. The molecule has 1 saturated carbocycles. The van der Waals surface area contributed by atoms with Crippen LogP contribution >= 0.6 is 0 Å². The van der Waals surface area contributed by atoms with Crippen LogP contribution in [0.15, 0.2) is 18.2 Å². The van der Waals surface area contributed by atoms with Crippen molar-refractivity contribution in [1.29, 1.82) is 0 Å². The molecule has 0 aromatic carbocycles. The molecule has 0 aliphatic heterocycles. The molecule has 15 heavy (non-hydrogen) atoms. The Bertz CT molecular complexity index is 438. The number of carbonyl (C=O) groups excluding carboxylic acids is 1. The Morgan fingerprint density at radius 1 is 1.53 bits per heavy atom. The minimum Gasteiger partial charge on any atom is -0.464 e. The van der Waals surface area contributed by atoms with E-state index in [4.69, 9.17) is 0 Å². The quantitative estimate of drug-likeness (QED) is 0.512. The maximum atomic E-state index is 11.2. The predicted molar refractivity (Wildman–Crippen MR) is 55.2 cm³/mol. The van der Waals surface area contributed by atoms with E-state index in [-0.39, 0.29) is 0 Å². The van der Waals surface area contributed by atoms with Gasteiger partial charge in [-0.05, 0) is 30.9 Å². The molecule has 2 rings (SSSR count). The Labute approximate surface area is 88.5 Å². The molecular weight excluding hydrogens is 190 g/mol. The van der Waals surface area contributed by atoms with Crippen molar-refractivity contribution in [3.8, 4) is 11.8 Å². The maximum Gasteiger partial charge on any atom is 0.356 e. The molecule has 1 heterocycles. The van der Waals surface area contributed by atoms with Crippen LogP contribution in [0.25, 0.3) is 0 Å². The summed E-state index contributed by atoms with van der Waals surface area (Å²) >= 11 is 0. The van der Waals surface area contributed by atoms with Crippen LogP contribution in [-0.2, 0) is 4.74 Å². The lowest BCUT2D eigenvalue weighted by Gasteiger charge is -1.97. The van der Waals surface area contributed by atoms with Crippen LogP contribution in [0.5, 0.6) is 0 Å². The molecule has 3 nitrogen and oxygen atoms in total. The van der Waals surface area contributed by atoms with Crippen molar-refractivity contribution in [3.63, 3.8) is 0 Å². The van der Waals surface area contributed by atoms with Crippen LogP contribution in [0.3, 0.4) is 0 Å². The van der Waals surface area contributed by atoms with Gasteiger partial charge in [0.05, 0.1) is 7.11 Å². The van der Waals surface area contributed by atoms with Gasteiger partial charge in [-0.15, -0.1) is 0 Å². The minimum atomic E-state index is -0.426. The number of methoxy groups -OCH3 is 1. The second-order valence-corrected chi connectivity index (χ2v) is 3.44. The number of ether oxygens (including phenoxy) is 1. The number of pyridine rings is 1. The van der Waals surface area contributed by atoms with Crippen molar-refractivity contribution in [1.82, 2.24) is 4.98 Å². The average molecular weight is 201 g/mol. The normalized spacial score (nSPS) is 13.9. The molecule has 0 radical (unpaired) electrons. The van der Waals surface area contributed by atoms with Gasteiger partial charge < -0.3 is 4.74 Å². The van der Waals surface area contributed by atoms with Crippen LogP contribution in [-0.4, -0.2) is 18.1 Å². The zero-order chi connectivity index (χ0) is 10.7. The average Bonchev–Trinajstić information content (AvgIpc) is 3.09. The molecule has 1 aliphatic carbocycles. The fraction of sp³-hybridized carbons (Fsp3) is 0.333. The molecule has 1 aromatic heterocycles. The zero-order valence-electron chi connectivity index (χ0n) is 8.49. The van der Waals surface area contributed by atoms with Crippen molar-refractivity contribution in [3.05, 3.63) is 29.6 Å². The summed E-state index contributed by atoms with van der Waals surface area (Å²) in [5.74, 6) is 6.16. The van der Waals surface area contributed by atoms with Gasteiger partial charge >= 0.3 is 5.97 Å². The van der Waals surface area contributed by atoms with Gasteiger partial charge in [-0.1, -0.05) is 12.0 Å². The monoisotopic (exact) mass is 201 g/mol. The molecular formula is C12H11NO2. The summed E-state index contributed by atoms with van der Waals surface area (Å²) in [4.78, 5) is 15.3. The Hall–Kier alpha value is -1.82. The first-order valence-electron chi connectivity index (χ1n) is 4.86. The van der Waals surface area contributed by atoms with Gasteiger partial charge in [-0.25, -0.2) is 9.78 Å². The fourth-order valence-electron chi connectivity index (χ4n) is 1.13. The molecule has 1 aliphatic rings. The lowest BCUT2D eigenvalue weighted by atomic mass is 10.3. The first-order valence-corrected chi connectivity index (χ1v) is 4.86. The van der Waals surface area contributed by atoms with Gasteiger partial charge in [-0.2, -0.15) is 0 Å². The lowest BCUT2D eigenvalue weighted by molar-refractivity contribution is 0.0594. The van der Waals surface area contributed by atoms with E-state index in [1.165, 1.54) is 20.0 Å². The molecule has 0 atom stereocenters. The van der Waals surface area contributed by atoms with Crippen LogP contribution in [0.2, 0.25) is 0 Å². The minimum absolute atomic E-state index is 0.306. The van der Waals surface area contributed by atoms with E-state index in [2.05, 4.69) is 21.6 Å². The van der Waals surface area contributed by atoms with Crippen LogP contribution in [0, 0.1) is 17.8 Å². The van der Waals surface area contributed by atoms with Crippen molar-refractivity contribution in [2.75, 3.05) is 7.11 Å². The molecule has 3 heteroatoms. The summed E-state index contributed by atoms with van der Waals surface area (Å²) in [7, 11) is 1.34. The van der Waals surface area contributed by atoms with Crippen molar-refractivity contribution in [2.45, 2.75) is 12.8 Å². The van der Waals surface area contributed by atoms with Crippen molar-refractivity contribution < 1.29 is 9.53 Å². The van der Waals surface area contributed by atoms with Gasteiger partial charge in [0.15, 0.2) is 0 Å². The predicted octanol–water partition coefficient (Wildman–Crippen LogP) is 1.63. The molecule has 0 saturated heterocycles. The smallest absolute Gasteiger partial charge is 0.356 e. The second kappa shape index (κ2) is 4.14. The molecule has 0 bridgehead atoms. The van der Waals surface area contributed by atoms with Gasteiger partial charge in [0.2, 0.25) is 0 Å². The fourth-order valence-corrected chi connectivity index (χ4v) is 1.13. The van der Waals surface area contributed by atoms with Crippen LogP contribution in [0.1, 0.15) is 29.0 Å². The van der Waals surface area contributed by atoms with Gasteiger partial charge in [-0.3, -0.25) is 0 Å². The SMILES string of the molecule is COC(=O)c1cccc(C#CC2CC2)n1. The Kier molecular flexibility index (Phi) is 2.68. The summed E-state index contributed by atoms with van der Waals surface area (Å²) in [6, 6.07) is 5.17. The number of hydrogen-bond donors (Lipinski definition) is 0. The van der Waals surface area contributed by atoms with Crippen molar-refractivity contribution >= 4 is 5.97 Å². The third-order valence-corrected chi connectivity index (χ3v) is 2.13. The summed E-state index contributed by atoms with van der Waals surface area (Å²) in [6.07, 6.45) is 2.37. The number of nitrogens with zero attached hydrogens (tertiary/aromatic N) is 1. The van der Waals surface area contributed by atoms with Gasteiger partial charge in [0.1, 0.15) is 11.4 Å². The Morgan fingerprint density at radius 2 is 2.33 bits per heavy atom. The molecule has 0 spiro atoms. The highest BCUT2D eigenvalue weighted by Crippen LogP contribution is 2.27. The topological polar surface area (TPSA) is 39.2 Å². The van der Waals surface area contributed by atoms with E-state index in [1.807, 2.05) is 0 Å².